The smallest absolute Gasteiger partial charge is 0.325 e. The van der Waals surface area contributed by atoms with Crippen molar-refractivity contribution in [2.45, 2.75) is 44.9 Å². The third kappa shape index (κ3) is 7.07. The van der Waals surface area contributed by atoms with E-state index in [4.69, 9.17) is 15.2 Å². The molecule has 6 heteroatoms. The average Bonchev–Trinajstić information content (AvgIpc) is 2.55. The summed E-state index contributed by atoms with van der Waals surface area (Å²) in [4.78, 5) is 24.4. The second-order valence-corrected chi connectivity index (χ2v) is 6.76. The first-order valence-corrected chi connectivity index (χ1v) is 8.13. The monoisotopic (exact) mass is 349 g/mol. The first-order valence-electron chi connectivity index (χ1n) is 8.13. The van der Waals surface area contributed by atoms with Gasteiger partial charge < -0.3 is 20.3 Å². The molecule has 0 fully saturated rings. The maximum atomic E-state index is 12.5. The minimum atomic E-state index is -1.44. The van der Waals surface area contributed by atoms with E-state index >= 15 is 0 Å². The quantitative estimate of drug-likeness (QED) is 0.546. The summed E-state index contributed by atoms with van der Waals surface area (Å²) in [5.74, 6) is -2.40. The van der Waals surface area contributed by atoms with Crippen LogP contribution >= 0.6 is 0 Å². The van der Waals surface area contributed by atoms with Crippen molar-refractivity contribution in [1.29, 1.82) is 0 Å². The Bertz CT molecular complexity index is 579. The molecule has 3 N–H and O–H groups in total. The number of benzene rings is 1. The van der Waals surface area contributed by atoms with E-state index in [-0.39, 0.29) is 13.0 Å². The number of aliphatic hydroxyl groups is 1. The maximum Gasteiger partial charge on any atom is 0.325 e. The maximum absolute atomic E-state index is 12.5. The summed E-state index contributed by atoms with van der Waals surface area (Å²) in [6.07, 6.45) is 0.151. The van der Waals surface area contributed by atoms with Gasteiger partial charge in [0.05, 0.1) is 12.0 Å². The minimum absolute atomic E-state index is 0.0188. The second kappa shape index (κ2) is 9.34. The van der Waals surface area contributed by atoms with Crippen LogP contribution in [0.15, 0.2) is 43.0 Å². The van der Waals surface area contributed by atoms with Crippen molar-refractivity contribution in [2.24, 2.45) is 11.7 Å². The Morgan fingerprint density at radius 3 is 2.36 bits per heavy atom. The molecule has 3 atom stereocenters. The number of nitrogens with two attached hydrogens (primary N) is 1. The fraction of sp³-hybridized carbons (Fsp3) is 0.474. The number of esters is 2. The number of ether oxygens (including phenoxy) is 2. The molecule has 0 saturated heterocycles. The molecule has 1 rings (SSSR count). The molecule has 0 bridgehead atoms. The number of hydrogen-bond acceptors (Lipinski definition) is 6. The summed E-state index contributed by atoms with van der Waals surface area (Å²) < 4.78 is 10.2. The Kier molecular flexibility index (Phi) is 7.80. The van der Waals surface area contributed by atoms with E-state index in [2.05, 4.69) is 6.58 Å². The van der Waals surface area contributed by atoms with E-state index in [9.17, 15) is 14.7 Å². The van der Waals surface area contributed by atoms with Crippen molar-refractivity contribution in [1.82, 2.24) is 0 Å². The molecular formula is C19H27NO5. The van der Waals surface area contributed by atoms with Crippen molar-refractivity contribution >= 4 is 11.9 Å². The predicted octanol–water partition coefficient (Wildman–Crippen LogP) is 1.60. The van der Waals surface area contributed by atoms with Crippen LogP contribution in [-0.2, 0) is 25.5 Å². The highest BCUT2D eigenvalue weighted by Gasteiger charge is 2.38. The van der Waals surface area contributed by atoms with Crippen LogP contribution in [0.1, 0.15) is 26.3 Å². The normalized spacial score (nSPS) is 14.9. The van der Waals surface area contributed by atoms with Gasteiger partial charge in [0.15, 0.2) is 0 Å². The molecule has 138 valence electrons. The van der Waals surface area contributed by atoms with Crippen LogP contribution in [0.4, 0.5) is 0 Å². The molecule has 0 aromatic heterocycles. The standard InChI is InChI=1S/C19H27NO5/c1-5-11-24-18(23)15(20)16(21)14(17(22)25-19(2,3)4)12-13-9-7-6-8-10-13/h5-10,14-16,21H,1,11-12,20H2,2-4H3. The zero-order valence-corrected chi connectivity index (χ0v) is 15.0. The molecular weight excluding hydrogens is 322 g/mol. The lowest BCUT2D eigenvalue weighted by Gasteiger charge is -2.28. The van der Waals surface area contributed by atoms with Gasteiger partial charge in [0.25, 0.3) is 0 Å². The molecule has 25 heavy (non-hydrogen) atoms. The van der Waals surface area contributed by atoms with Crippen LogP contribution in [0, 0.1) is 5.92 Å². The minimum Gasteiger partial charge on any atom is -0.460 e. The van der Waals surface area contributed by atoms with Gasteiger partial charge in [-0.2, -0.15) is 0 Å². The summed E-state index contributed by atoms with van der Waals surface area (Å²) in [6.45, 7) is 8.62. The Labute approximate surface area is 148 Å². The van der Waals surface area contributed by atoms with E-state index in [1.54, 1.807) is 20.8 Å². The predicted molar refractivity (Wildman–Crippen MR) is 94.6 cm³/mol. The van der Waals surface area contributed by atoms with Crippen molar-refractivity contribution in [2.75, 3.05) is 6.61 Å². The summed E-state index contributed by atoms with van der Waals surface area (Å²) in [7, 11) is 0. The number of aliphatic hydroxyl groups excluding tert-OH is 1. The van der Waals surface area contributed by atoms with Gasteiger partial charge in [-0.1, -0.05) is 43.0 Å². The average molecular weight is 349 g/mol. The lowest BCUT2D eigenvalue weighted by molar-refractivity contribution is -0.166. The largest absolute Gasteiger partial charge is 0.460 e. The molecule has 0 aliphatic carbocycles. The fourth-order valence-electron chi connectivity index (χ4n) is 2.22. The SMILES string of the molecule is C=CCOC(=O)C(N)C(O)C(Cc1ccccc1)C(=O)OC(C)(C)C. The molecule has 0 aliphatic heterocycles. The van der Waals surface area contributed by atoms with Crippen LogP contribution in [0.3, 0.4) is 0 Å². The third-order valence-corrected chi connectivity index (χ3v) is 3.40. The van der Waals surface area contributed by atoms with Crippen LogP contribution in [-0.4, -0.2) is 41.4 Å². The first kappa shape index (κ1) is 20.9. The summed E-state index contributed by atoms with van der Waals surface area (Å²) in [6, 6.07) is 7.79. The molecule has 0 heterocycles. The first-order chi connectivity index (χ1) is 11.7. The van der Waals surface area contributed by atoms with Crippen LogP contribution in [0.5, 0.6) is 0 Å². The Hall–Kier alpha value is -2.18. The molecule has 0 spiro atoms. The van der Waals surface area contributed by atoms with E-state index in [0.29, 0.717) is 0 Å². The molecule has 0 aliphatic rings. The van der Waals surface area contributed by atoms with E-state index in [1.807, 2.05) is 30.3 Å². The number of rotatable bonds is 8. The van der Waals surface area contributed by atoms with Gasteiger partial charge in [-0.25, -0.2) is 0 Å². The van der Waals surface area contributed by atoms with Crippen molar-refractivity contribution < 1.29 is 24.2 Å². The number of carbonyl (C=O) groups is 2. The van der Waals surface area contributed by atoms with Gasteiger partial charge in [0.2, 0.25) is 0 Å². The van der Waals surface area contributed by atoms with Gasteiger partial charge in [-0.3, -0.25) is 9.59 Å². The lowest BCUT2D eigenvalue weighted by atomic mass is 9.90. The molecule has 3 unspecified atom stereocenters. The fourth-order valence-corrected chi connectivity index (χ4v) is 2.22. The highest BCUT2D eigenvalue weighted by Crippen LogP contribution is 2.20. The molecule has 0 radical (unpaired) electrons. The van der Waals surface area contributed by atoms with Crippen LogP contribution in [0.2, 0.25) is 0 Å². The van der Waals surface area contributed by atoms with Crippen molar-refractivity contribution in [3.63, 3.8) is 0 Å². The van der Waals surface area contributed by atoms with Crippen LogP contribution in [0.25, 0.3) is 0 Å². The topological polar surface area (TPSA) is 98.9 Å². The van der Waals surface area contributed by atoms with Gasteiger partial charge in [-0.05, 0) is 32.8 Å². The zero-order valence-electron chi connectivity index (χ0n) is 15.0. The number of carbonyl (C=O) groups excluding carboxylic acids is 2. The van der Waals surface area contributed by atoms with E-state index in [0.717, 1.165) is 5.56 Å². The van der Waals surface area contributed by atoms with Crippen molar-refractivity contribution in [3.8, 4) is 0 Å². The molecule has 1 aromatic rings. The van der Waals surface area contributed by atoms with Gasteiger partial charge >= 0.3 is 11.9 Å². The summed E-state index contributed by atoms with van der Waals surface area (Å²) in [5.41, 5.74) is 5.89. The Morgan fingerprint density at radius 1 is 1.24 bits per heavy atom. The van der Waals surface area contributed by atoms with Gasteiger partial charge in [0.1, 0.15) is 18.2 Å². The Balaban J connectivity index is 2.97. The van der Waals surface area contributed by atoms with Crippen LogP contribution < -0.4 is 5.73 Å². The van der Waals surface area contributed by atoms with Crippen molar-refractivity contribution in [3.05, 3.63) is 48.6 Å². The third-order valence-electron chi connectivity index (χ3n) is 3.40. The summed E-state index contributed by atoms with van der Waals surface area (Å²) in [5, 5.41) is 10.5. The highest BCUT2D eigenvalue weighted by atomic mass is 16.6. The molecule has 0 amide bonds. The molecule has 0 saturated carbocycles. The summed E-state index contributed by atoms with van der Waals surface area (Å²) >= 11 is 0. The van der Waals surface area contributed by atoms with Gasteiger partial charge in [0, 0.05) is 0 Å². The van der Waals surface area contributed by atoms with E-state index in [1.165, 1.54) is 6.08 Å². The molecule has 6 nitrogen and oxygen atoms in total. The van der Waals surface area contributed by atoms with Gasteiger partial charge in [-0.15, -0.1) is 0 Å². The number of hydrogen-bond donors (Lipinski definition) is 2. The molecule has 1 aromatic carbocycles. The second-order valence-electron chi connectivity index (χ2n) is 6.76. The zero-order chi connectivity index (χ0) is 19.0. The van der Waals surface area contributed by atoms with E-state index < -0.39 is 35.6 Å². The Morgan fingerprint density at radius 2 is 1.84 bits per heavy atom. The highest BCUT2D eigenvalue weighted by molar-refractivity contribution is 5.79. The lowest BCUT2D eigenvalue weighted by Crippen LogP contribution is -2.50.